The Labute approximate surface area is 262 Å². The van der Waals surface area contributed by atoms with Gasteiger partial charge in [0.1, 0.15) is 28.3 Å². The molecule has 0 fully saturated rings. The number of phenolic OH excluding ortho intramolecular Hbond substituents is 3. The number of carbonyl (C=O) groups is 4. The van der Waals surface area contributed by atoms with Crippen LogP contribution < -0.4 is 4.74 Å². The molecule has 4 aromatic carbocycles. The molecule has 10 nitrogen and oxygen atoms in total. The summed E-state index contributed by atoms with van der Waals surface area (Å²) in [7, 11) is 1.25. The lowest BCUT2D eigenvalue weighted by atomic mass is 10.0. The minimum absolute atomic E-state index is 0.0675. The van der Waals surface area contributed by atoms with Gasteiger partial charge < -0.3 is 29.5 Å². The van der Waals surface area contributed by atoms with E-state index in [1.54, 1.807) is 61.5 Å². The summed E-state index contributed by atoms with van der Waals surface area (Å²) in [5.74, 6) is -1.49. The van der Waals surface area contributed by atoms with Gasteiger partial charge >= 0.3 is 11.9 Å². The SMILES string of the molecule is CCOC(=O)CBr.COC(=O)COc1ccc(C(=O)c2ccccc2)c(O)c1.O=C(c1ccccc1)c1ccc(O)cc1O. The fourth-order valence-electron chi connectivity index (χ4n) is 3.40. The Morgan fingerprint density at radius 1 is 0.682 bits per heavy atom. The van der Waals surface area contributed by atoms with Gasteiger partial charge in [-0.25, -0.2) is 4.79 Å². The van der Waals surface area contributed by atoms with Crippen LogP contribution in [0.4, 0.5) is 0 Å². The number of esters is 2. The van der Waals surface area contributed by atoms with E-state index in [1.165, 1.54) is 37.4 Å². The summed E-state index contributed by atoms with van der Waals surface area (Å²) < 4.78 is 14.1. The van der Waals surface area contributed by atoms with Crippen LogP contribution in [0.25, 0.3) is 0 Å². The molecule has 0 aliphatic rings. The third-order valence-electron chi connectivity index (χ3n) is 5.51. The Morgan fingerprint density at radius 2 is 1.18 bits per heavy atom. The van der Waals surface area contributed by atoms with E-state index in [2.05, 4.69) is 25.4 Å². The van der Waals surface area contributed by atoms with Crippen LogP contribution in [0.3, 0.4) is 0 Å². The number of aromatic hydroxyl groups is 3. The van der Waals surface area contributed by atoms with Gasteiger partial charge in [0.05, 0.1) is 24.8 Å². The number of ketones is 2. The summed E-state index contributed by atoms with van der Waals surface area (Å²) in [6.45, 7) is 1.98. The average molecular weight is 668 g/mol. The molecule has 44 heavy (non-hydrogen) atoms. The number of benzene rings is 4. The van der Waals surface area contributed by atoms with Crippen molar-refractivity contribution in [3.05, 3.63) is 119 Å². The maximum atomic E-state index is 12.2. The van der Waals surface area contributed by atoms with Crippen LogP contribution in [0.15, 0.2) is 97.1 Å². The van der Waals surface area contributed by atoms with Gasteiger partial charge in [0.2, 0.25) is 0 Å². The van der Waals surface area contributed by atoms with Gasteiger partial charge in [-0.1, -0.05) is 76.6 Å². The van der Waals surface area contributed by atoms with E-state index < -0.39 is 5.97 Å². The predicted molar refractivity (Wildman–Crippen MR) is 166 cm³/mol. The number of carbonyl (C=O) groups excluding carboxylic acids is 4. The maximum absolute atomic E-state index is 12.2. The first kappa shape index (κ1) is 35.0. The van der Waals surface area contributed by atoms with Crippen LogP contribution in [-0.4, -0.2) is 64.5 Å². The minimum Gasteiger partial charge on any atom is -0.508 e. The summed E-state index contributed by atoms with van der Waals surface area (Å²) in [5, 5.41) is 28.9. The summed E-state index contributed by atoms with van der Waals surface area (Å²) >= 11 is 2.94. The van der Waals surface area contributed by atoms with E-state index in [1.807, 2.05) is 6.07 Å². The van der Waals surface area contributed by atoms with Crippen molar-refractivity contribution in [1.29, 1.82) is 0 Å². The fraction of sp³-hybridized carbons (Fsp3) is 0.152. The molecule has 4 aromatic rings. The highest BCUT2D eigenvalue weighted by molar-refractivity contribution is 9.09. The predicted octanol–water partition coefficient (Wildman–Crippen LogP) is 5.45. The molecule has 0 atom stereocenters. The molecule has 0 unspecified atom stereocenters. The summed E-state index contributed by atoms with van der Waals surface area (Å²) in [5.41, 5.74) is 1.34. The van der Waals surface area contributed by atoms with Crippen molar-refractivity contribution >= 4 is 39.4 Å². The Morgan fingerprint density at radius 3 is 1.59 bits per heavy atom. The average Bonchev–Trinajstić information content (AvgIpc) is 3.04. The third-order valence-corrected chi connectivity index (χ3v) is 5.97. The molecule has 0 bridgehead atoms. The van der Waals surface area contributed by atoms with Crippen LogP contribution in [0.1, 0.15) is 38.8 Å². The van der Waals surface area contributed by atoms with Gasteiger partial charge in [-0.05, 0) is 31.2 Å². The van der Waals surface area contributed by atoms with E-state index in [0.29, 0.717) is 23.1 Å². The lowest BCUT2D eigenvalue weighted by molar-refractivity contribution is -0.143. The fourth-order valence-corrected chi connectivity index (χ4v) is 3.56. The minimum atomic E-state index is -0.529. The van der Waals surface area contributed by atoms with Gasteiger partial charge in [0, 0.05) is 23.3 Å². The molecule has 4 rings (SSSR count). The lowest BCUT2D eigenvalue weighted by Crippen LogP contribution is -2.12. The van der Waals surface area contributed by atoms with Gasteiger partial charge in [-0.15, -0.1) is 0 Å². The van der Waals surface area contributed by atoms with E-state index >= 15 is 0 Å². The second-order valence-corrected chi connectivity index (χ2v) is 9.13. The molecule has 0 aromatic heterocycles. The van der Waals surface area contributed by atoms with Crippen LogP contribution >= 0.6 is 15.9 Å². The Hall–Kier alpha value is -5.16. The Balaban J connectivity index is 0.000000259. The number of halogens is 1. The van der Waals surface area contributed by atoms with Crippen molar-refractivity contribution in [2.24, 2.45) is 0 Å². The molecule has 230 valence electrons. The number of methoxy groups -OCH3 is 1. The van der Waals surface area contributed by atoms with Crippen molar-refractivity contribution < 1.29 is 48.7 Å². The number of rotatable bonds is 9. The highest BCUT2D eigenvalue weighted by atomic mass is 79.9. The van der Waals surface area contributed by atoms with Crippen molar-refractivity contribution in [3.63, 3.8) is 0 Å². The van der Waals surface area contributed by atoms with Gasteiger partial charge in [-0.3, -0.25) is 14.4 Å². The molecule has 11 heteroatoms. The van der Waals surface area contributed by atoms with E-state index in [4.69, 9.17) is 9.84 Å². The second-order valence-electron chi connectivity index (χ2n) is 8.57. The molecule has 0 aliphatic carbocycles. The van der Waals surface area contributed by atoms with Gasteiger partial charge in [0.15, 0.2) is 18.2 Å². The zero-order valence-corrected chi connectivity index (χ0v) is 25.5. The summed E-state index contributed by atoms with van der Waals surface area (Å²) in [6, 6.07) is 25.5. The number of alkyl halides is 1. The molecule has 0 heterocycles. The lowest BCUT2D eigenvalue weighted by Gasteiger charge is -2.08. The molecular formula is C33H31BrO10. The first-order valence-corrected chi connectivity index (χ1v) is 14.2. The molecule has 3 N–H and O–H groups in total. The molecule has 0 saturated carbocycles. The van der Waals surface area contributed by atoms with E-state index in [0.717, 1.165) is 6.07 Å². The topological polar surface area (TPSA) is 157 Å². The standard InChI is InChI=1S/C16H14O5.C13H10O3.C4H7BrO2/c1-20-15(18)10-21-12-7-8-13(14(17)9-12)16(19)11-5-3-2-4-6-11;14-10-6-7-11(12(15)8-10)13(16)9-4-2-1-3-5-9;1-2-7-4(6)3-5/h2-9,17H,10H2,1H3;1-8,14-15H;2-3H2,1H3. The van der Waals surface area contributed by atoms with Crippen molar-refractivity contribution in [3.8, 4) is 23.0 Å². The monoisotopic (exact) mass is 666 g/mol. The molecule has 0 radical (unpaired) electrons. The molecule has 0 spiro atoms. The third kappa shape index (κ3) is 11.3. The number of ether oxygens (including phenoxy) is 3. The van der Waals surface area contributed by atoms with E-state index in [9.17, 15) is 29.4 Å². The molecule has 0 amide bonds. The molecule has 0 saturated heterocycles. The second kappa shape index (κ2) is 18.4. The van der Waals surface area contributed by atoms with Crippen molar-refractivity contribution in [1.82, 2.24) is 0 Å². The highest BCUT2D eigenvalue weighted by Crippen LogP contribution is 2.26. The largest absolute Gasteiger partial charge is 0.508 e. The van der Waals surface area contributed by atoms with E-state index in [-0.39, 0.29) is 58.3 Å². The quantitative estimate of drug-likeness (QED) is 0.119. The van der Waals surface area contributed by atoms with Crippen LogP contribution in [0.2, 0.25) is 0 Å². The maximum Gasteiger partial charge on any atom is 0.343 e. The summed E-state index contributed by atoms with van der Waals surface area (Å²) in [4.78, 5) is 45.3. The van der Waals surface area contributed by atoms with Crippen molar-refractivity contribution in [2.45, 2.75) is 6.92 Å². The van der Waals surface area contributed by atoms with Crippen LogP contribution in [-0.2, 0) is 19.1 Å². The van der Waals surface area contributed by atoms with Crippen molar-refractivity contribution in [2.75, 3.05) is 25.7 Å². The molecular weight excluding hydrogens is 636 g/mol. The highest BCUT2D eigenvalue weighted by Gasteiger charge is 2.15. The number of hydrogen-bond donors (Lipinski definition) is 3. The Kier molecular flexibility index (Phi) is 14.6. The van der Waals surface area contributed by atoms with Crippen LogP contribution in [0, 0.1) is 0 Å². The summed E-state index contributed by atoms with van der Waals surface area (Å²) in [6.07, 6.45) is 0. The molecule has 0 aliphatic heterocycles. The smallest absolute Gasteiger partial charge is 0.343 e. The van der Waals surface area contributed by atoms with Gasteiger partial charge in [0.25, 0.3) is 0 Å². The number of hydrogen-bond acceptors (Lipinski definition) is 10. The zero-order valence-electron chi connectivity index (χ0n) is 23.9. The normalized spacial score (nSPS) is 9.70. The van der Waals surface area contributed by atoms with Gasteiger partial charge in [-0.2, -0.15) is 0 Å². The Bertz CT molecular complexity index is 1540. The number of phenols is 3. The zero-order chi connectivity index (χ0) is 32.5. The van der Waals surface area contributed by atoms with Crippen LogP contribution in [0.5, 0.6) is 23.0 Å². The first-order chi connectivity index (χ1) is 21.1. The first-order valence-electron chi connectivity index (χ1n) is 13.1.